The van der Waals surface area contributed by atoms with Gasteiger partial charge in [-0.25, -0.2) is 4.39 Å². The number of nitrogens with one attached hydrogen (secondary N) is 5. The molecular formula is C55H61Cl2FN6O9. The highest BCUT2D eigenvalue weighted by Crippen LogP contribution is 2.63. The fourth-order valence-electron chi connectivity index (χ4n) is 11.5. The van der Waals surface area contributed by atoms with Crippen molar-refractivity contribution in [3.05, 3.63) is 135 Å². The summed E-state index contributed by atoms with van der Waals surface area (Å²) in [5.41, 5.74) is 3.12. The summed E-state index contributed by atoms with van der Waals surface area (Å²) in [4.78, 5) is 69.6. The smallest absolute Gasteiger partial charge is 0.255 e. The van der Waals surface area contributed by atoms with Crippen LogP contribution in [0.2, 0.25) is 10.0 Å². The van der Waals surface area contributed by atoms with Gasteiger partial charge in [0.15, 0.2) is 5.78 Å². The van der Waals surface area contributed by atoms with Gasteiger partial charge in [-0.15, -0.1) is 0 Å². The maximum absolute atomic E-state index is 16.3. The molecule has 1 saturated carbocycles. The number of piperidine rings is 1. The minimum absolute atomic E-state index is 0.0696. The van der Waals surface area contributed by atoms with Crippen LogP contribution in [-0.4, -0.2) is 111 Å². The molecule has 73 heavy (non-hydrogen) atoms. The molecule has 0 aromatic heterocycles. The van der Waals surface area contributed by atoms with Crippen LogP contribution in [0.5, 0.6) is 0 Å². The lowest BCUT2D eigenvalue weighted by Crippen LogP contribution is -2.60. The molecule has 9 rings (SSSR count). The van der Waals surface area contributed by atoms with Gasteiger partial charge in [0.05, 0.1) is 57.3 Å². The Balaban J connectivity index is 0.662. The van der Waals surface area contributed by atoms with E-state index in [1.165, 1.54) is 6.07 Å². The number of hydrogen-bond donors (Lipinski definition) is 5. The minimum Gasteiger partial charge on any atom is -0.382 e. The summed E-state index contributed by atoms with van der Waals surface area (Å²) in [6.07, 6.45) is 5.81. The van der Waals surface area contributed by atoms with Gasteiger partial charge in [0.2, 0.25) is 17.7 Å². The first kappa shape index (κ1) is 52.2. The average molecular weight is 1040 g/mol. The van der Waals surface area contributed by atoms with Crippen molar-refractivity contribution in [2.45, 2.75) is 93.3 Å². The maximum Gasteiger partial charge on any atom is 0.255 e. The molecule has 4 aromatic rings. The Labute approximate surface area is 434 Å². The third-order valence-corrected chi connectivity index (χ3v) is 15.4. The van der Waals surface area contributed by atoms with E-state index in [9.17, 15) is 24.0 Å². The third kappa shape index (κ3) is 10.8. The molecule has 5 aliphatic rings. The van der Waals surface area contributed by atoms with Crippen LogP contribution in [0.3, 0.4) is 0 Å². The molecule has 0 radical (unpaired) electrons. The van der Waals surface area contributed by atoms with Crippen LogP contribution in [0.1, 0.15) is 101 Å². The highest BCUT2D eigenvalue weighted by Gasteiger charge is 2.72. The number of anilines is 3. The highest BCUT2D eigenvalue weighted by molar-refractivity contribution is 6.31. The SMILES string of the molecule is C=C1CCC(N2Cc3c(NCCOCCOCCOCCOCCCC(=O)c4ccc(NC(=O)[C@@H]5NC6(CCCCC6)[C@@]6(C(=O)Nc7cc(Cl)ccc76)[C@H]5c5cccc(Cl)c5F)cc4)cccc3C2=O)C(=O)N1. The quantitative estimate of drug-likeness (QED) is 0.0377. The summed E-state index contributed by atoms with van der Waals surface area (Å²) < 4.78 is 38.9. The summed E-state index contributed by atoms with van der Waals surface area (Å²) in [6.45, 7) is 7.93. The zero-order valence-corrected chi connectivity index (χ0v) is 42.1. The van der Waals surface area contributed by atoms with Gasteiger partial charge in [-0.2, -0.15) is 0 Å². The number of ketones is 1. The van der Waals surface area contributed by atoms with Crippen molar-refractivity contribution in [1.29, 1.82) is 0 Å². The lowest BCUT2D eigenvalue weighted by molar-refractivity contribution is -0.126. The number of hydrogen-bond acceptors (Lipinski definition) is 11. The predicted molar refractivity (Wildman–Crippen MR) is 276 cm³/mol. The lowest BCUT2D eigenvalue weighted by Gasteiger charge is -2.47. The molecule has 4 aliphatic heterocycles. The molecule has 4 heterocycles. The van der Waals surface area contributed by atoms with Gasteiger partial charge in [0.1, 0.15) is 17.3 Å². The Morgan fingerprint density at radius 2 is 1.52 bits per heavy atom. The second-order valence-electron chi connectivity index (χ2n) is 19.2. The molecule has 4 atom stereocenters. The van der Waals surface area contributed by atoms with E-state index in [4.69, 9.17) is 42.1 Å². The molecule has 0 bridgehead atoms. The maximum atomic E-state index is 16.3. The zero-order valence-electron chi connectivity index (χ0n) is 40.6. The summed E-state index contributed by atoms with van der Waals surface area (Å²) in [5, 5.41) is 16.1. The Kier molecular flexibility index (Phi) is 16.6. The van der Waals surface area contributed by atoms with Crippen molar-refractivity contribution in [2.75, 3.05) is 75.4 Å². The van der Waals surface area contributed by atoms with Crippen molar-refractivity contribution in [3.63, 3.8) is 0 Å². The van der Waals surface area contributed by atoms with E-state index in [0.29, 0.717) is 137 Å². The van der Waals surface area contributed by atoms with Crippen LogP contribution < -0.4 is 26.6 Å². The molecule has 15 nitrogen and oxygen atoms in total. The summed E-state index contributed by atoms with van der Waals surface area (Å²) in [7, 11) is 0. The normalized spacial score (nSPS) is 21.8. The van der Waals surface area contributed by atoms with Crippen molar-refractivity contribution >= 4 is 69.7 Å². The van der Waals surface area contributed by atoms with Crippen LogP contribution in [0.4, 0.5) is 21.5 Å². The van der Waals surface area contributed by atoms with Crippen LogP contribution in [0.15, 0.2) is 91.1 Å². The number of amides is 4. The molecular weight excluding hydrogens is 979 g/mol. The summed E-state index contributed by atoms with van der Waals surface area (Å²) in [5.74, 6) is -2.80. The van der Waals surface area contributed by atoms with Gasteiger partial charge in [0, 0.05) is 82.0 Å². The number of halogens is 3. The van der Waals surface area contributed by atoms with E-state index < -0.39 is 40.7 Å². The number of allylic oxidation sites excluding steroid dienone is 1. The van der Waals surface area contributed by atoms with Crippen molar-refractivity contribution in [3.8, 4) is 0 Å². The topological polar surface area (TPSA) is 186 Å². The van der Waals surface area contributed by atoms with E-state index >= 15 is 4.39 Å². The van der Waals surface area contributed by atoms with Crippen molar-refractivity contribution in [2.24, 2.45) is 0 Å². The van der Waals surface area contributed by atoms with Gasteiger partial charge in [-0.1, -0.05) is 73.3 Å². The first-order valence-corrected chi connectivity index (χ1v) is 25.9. The molecule has 2 saturated heterocycles. The second-order valence-corrected chi connectivity index (χ2v) is 20.1. The number of ether oxygens (including phenoxy) is 4. The summed E-state index contributed by atoms with van der Waals surface area (Å²) >= 11 is 12.8. The number of Topliss-reactive ketones (excluding diaryl/α,β-unsaturated/α-hetero) is 1. The van der Waals surface area contributed by atoms with Gasteiger partial charge >= 0.3 is 0 Å². The number of fused-ring (bicyclic) bond motifs is 4. The Hall–Kier alpha value is -5.72. The van der Waals surface area contributed by atoms with E-state index in [2.05, 4.69) is 33.2 Å². The molecule has 2 spiro atoms. The van der Waals surface area contributed by atoms with Gasteiger partial charge < -0.3 is 45.1 Å². The van der Waals surface area contributed by atoms with Crippen LogP contribution in [0, 0.1) is 5.82 Å². The third-order valence-electron chi connectivity index (χ3n) is 14.8. The summed E-state index contributed by atoms with van der Waals surface area (Å²) in [6, 6.07) is 20.6. The fourth-order valence-corrected chi connectivity index (χ4v) is 11.9. The van der Waals surface area contributed by atoms with Crippen molar-refractivity contribution in [1.82, 2.24) is 15.5 Å². The first-order chi connectivity index (χ1) is 35.4. The predicted octanol–water partition coefficient (Wildman–Crippen LogP) is 8.31. The van der Waals surface area contributed by atoms with Crippen LogP contribution in [0.25, 0.3) is 0 Å². The van der Waals surface area contributed by atoms with Crippen LogP contribution in [-0.2, 0) is 45.3 Å². The lowest BCUT2D eigenvalue weighted by atomic mass is 9.55. The zero-order chi connectivity index (χ0) is 51.1. The molecule has 1 aliphatic carbocycles. The molecule has 4 aromatic carbocycles. The van der Waals surface area contributed by atoms with E-state index in [1.807, 2.05) is 18.2 Å². The van der Waals surface area contributed by atoms with Crippen LogP contribution >= 0.6 is 23.2 Å². The second kappa shape index (κ2) is 23.2. The minimum atomic E-state index is -1.35. The molecule has 386 valence electrons. The largest absolute Gasteiger partial charge is 0.382 e. The van der Waals surface area contributed by atoms with Crippen molar-refractivity contribution < 1.29 is 47.3 Å². The van der Waals surface area contributed by atoms with E-state index in [0.717, 1.165) is 30.5 Å². The molecule has 5 N–H and O–H groups in total. The highest BCUT2D eigenvalue weighted by atomic mass is 35.5. The first-order valence-electron chi connectivity index (χ1n) is 25.2. The van der Waals surface area contributed by atoms with E-state index in [-0.39, 0.29) is 40.5 Å². The number of nitrogens with zero attached hydrogens (tertiary/aromatic N) is 1. The Morgan fingerprint density at radius 1 is 0.822 bits per heavy atom. The number of rotatable bonds is 22. The molecule has 1 unspecified atom stereocenters. The number of carbonyl (C=O) groups excluding carboxylic acids is 5. The monoisotopic (exact) mass is 1040 g/mol. The van der Waals surface area contributed by atoms with Gasteiger partial charge in [0.25, 0.3) is 5.91 Å². The van der Waals surface area contributed by atoms with Gasteiger partial charge in [-0.05, 0) is 97.8 Å². The average Bonchev–Trinajstić information content (AvgIpc) is 3.98. The van der Waals surface area contributed by atoms with Gasteiger partial charge in [-0.3, -0.25) is 29.3 Å². The molecule has 4 amide bonds. The van der Waals surface area contributed by atoms with E-state index in [1.54, 1.807) is 59.5 Å². The Morgan fingerprint density at radius 3 is 2.25 bits per heavy atom. The Bertz CT molecular complexity index is 2740. The fraction of sp³-hybridized carbons (Fsp3) is 0.436. The standard InChI is InChI=1S/C55H61Cl2FN6O9/c1-34-13-20-45(50(66)60-34)64-33-40-38(52(64)68)8-6-11-43(40)59-23-25-71-27-29-73-31-30-72-28-26-70-24-7-12-46(65)35-14-17-37(18-15-35)61-51(67)49-47(39-9-5-10-42(57)48(39)58)55(54(63-49)21-3-2-4-22-54)41-19-16-36(56)32-44(41)62-53(55)69/h5-6,8-11,14-19,32,45,47,49,59,63H,1-4,7,12-13,20-31,33H2,(H,60,66)(H,61,67)(H,62,69)/t45?,47-,49+,55+/m0/s1. The number of benzene rings is 4. The molecule has 3 fully saturated rings. The molecule has 18 heteroatoms. The number of carbonyl (C=O) groups is 5.